The molecule has 0 unspecified atom stereocenters. The molecule has 20 heavy (non-hydrogen) atoms. The Labute approximate surface area is 125 Å². The number of H-pyrrole nitrogens is 1. The van der Waals surface area contributed by atoms with Crippen LogP contribution in [0.15, 0.2) is 21.9 Å². The van der Waals surface area contributed by atoms with Crippen molar-refractivity contribution in [2.75, 3.05) is 0 Å². The maximum absolute atomic E-state index is 4.64. The largest absolute Gasteiger partial charge is 0.337 e. The zero-order valence-corrected chi connectivity index (χ0v) is 13.6. The summed E-state index contributed by atoms with van der Waals surface area (Å²) in [5.74, 6) is 0. The van der Waals surface area contributed by atoms with E-state index in [1.165, 1.54) is 0 Å². The SMILES string of the molecule is CCc1cnc(Sc2nn3cc(C(C)(C)C)nc3s2)[nH]1. The zero-order valence-electron chi connectivity index (χ0n) is 12.0. The van der Waals surface area contributed by atoms with Gasteiger partial charge in [0.2, 0.25) is 4.96 Å². The van der Waals surface area contributed by atoms with Gasteiger partial charge in [-0.05, 0) is 18.2 Å². The van der Waals surface area contributed by atoms with Gasteiger partial charge in [0.1, 0.15) is 0 Å². The summed E-state index contributed by atoms with van der Waals surface area (Å²) in [6, 6.07) is 0. The monoisotopic (exact) mass is 307 g/mol. The van der Waals surface area contributed by atoms with Crippen LogP contribution in [0, 0.1) is 0 Å². The number of hydrogen-bond acceptors (Lipinski definition) is 5. The Morgan fingerprint density at radius 1 is 1.40 bits per heavy atom. The van der Waals surface area contributed by atoms with Gasteiger partial charge in [0.25, 0.3) is 0 Å². The molecule has 0 amide bonds. The second kappa shape index (κ2) is 4.89. The molecule has 0 bridgehead atoms. The molecule has 0 saturated carbocycles. The van der Waals surface area contributed by atoms with Gasteiger partial charge in [-0.2, -0.15) is 0 Å². The van der Waals surface area contributed by atoms with Gasteiger partial charge in [0.05, 0.1) is 11.9 Å². The van der Waals surface area contributed by atoms with E-state index in [0.717, 1.165) is 32.3 Å². The Hall–Kier alpha value is -1.34. The van der Waals surface area contributed by atoms with Crippen molar-refractivity contribution < 1.29 is 0 Å². The summed E-state index contributed by atoms with van der Waals surface area (Å²) >= 11 is 3.14. The Bertz CT molecular complexity index is 700. The molecule has 0 radical (unpaired) electrons. The number of rotatable bonds is 3. The standard InChI is InChI=1S/C13H17N5S2/c1-5-8-6-14-10(15-8)19-12-17-18-7-9(13(2,3)4)16-11(18)20-12/h6-7H,5H2,1-4H3,(H,14,15). The first-order valence-corrected chi connectivity index (χ1v) is 8.17. The van der Waals surface area contributed by atoms with Gasteiger partial charge in [-0.15, -0.1) is 5.10 Å². The highest BCUT2D eigenvalue weighted by molar-refractivity contribution is 8.01. The molecule has 7 heteroatoms. The minimum atomic E-state index is 0.0533. The second-order valence-corrected chi connectivity index (χ2v) is 7.83. The highest BCUT2D eigenvalue weighted by Gasteiger charge is 2.19. The summed E-state index contributed by atoms with van der Waals surface area (Å²) in [7, 11) is 0. The van der Waals surface area contributed by atoms with Crippen LogP contribution in [-0.2, 0) is 11.8 Å². The summed E-state index contributed by atoms with van der Waals surface area (Å²) in [6.45, 7) is 8.58. The molecule has 3 rings (SSSR count). The minimum Gasteiger partial charge on any atom is -0.337 e. The summed E-state index contributed by atoms with van der Waals surface area (Å²) in [5, 5.41) is 5.44. The lowest BCUT2D eigenvalue weighted by atomic mass is 9.93. The number of imidazole rings is 2. The number of nitrogens with one attached hydrogen (secondary N) is 1. The molecular formula is C13H17N5S2. The van der Waals surface area contributed by atoms with Crippen molar-refractivity contribution in [1.29, 1.82) is 0 Å². The molecule has 106 valence electrons. The van der Waals surface area contributed by atoms with Crippen molar-refractivity contribution in [1.82, 2.24) is 24.6 Å². The molecule has 3 heterocycles. The van der Waals surface area contributed by atoms with Crippen molar-refractivity contribution in [2.45, 2.75) is 49.0 Å². The average molecular weight is 307 g/mol. The summed E-state index contributed by atoms with van der Waals surface area (Å²) in [4.78, 5) is 13.2. The van der Waals surface area contributed by atoms with Crippen molar-refractivity contribution >= 4 is 28.1 Å². The number of aromatic amines is 1. The highest BCUT2D eigenvalue weighted by atomic mass is 32.2. The number of fused-ring (bicyclic) bond motifs is 1. The van der Waals surface area contributed by atoms with Crippen LogP contribution in [0.2, 0.25) is 0 Å². The molecule has 0 atom stereocenters. The van der Waals surface area contributed by atoms with E-state index < -0.39 is 0 Å². The quantitative estimate of drug-likeness (QED) is 0.804. The van der Waals surface area contributed by atoms with Crippen molar-refractivity contribution in [3.05, 3.63) is 23.8 Å². The molecule has 0 aliphatic carbocycles. The van der Waals surface area contributed by atoms with Gasteiger partial charge in [-0.3, -0.25) is 0 Å². The van der Waals surface area contributed by atoms with Crippen LogP contribution in [0.3, 0.4) is 0 Å². The summed E-state index contributed by atoms with van der Waals surface area (Å²) < 4.78 is 2.81. The lowest BCUT2D eigenvalue weighted by Crippen LogP contribution is -2.11. The molecule has 3 aromatic rings. The van der Waals surface area contributed by atoms with Crippen LogP contribution >= 0.6 is 23.1 Å². The second-order valence-electron chi connectivity index (χ2n) is 5.64. The fourth-order valence-electron chi connectivity index (χ4n) is 1.74. The van der Waals surface area contributed by atoms with E-state index in [4.69, 9.17) is 0 Å². The van der Waals surface area contributed by atoms with Crippen molar-refractivity contribution in [3.8, 4) is 0 Å². The van der Waals surface area contributed by atoms with Gasteiger partial charge < -0.3 is 4.98 Å². The smallest absolute Gasteiger partial charge is 0.213 e. The van der Waals surface area contributed by atoms with E-state index in [2.05, 4.69) is 47.7 Å². The van der Waals surface area contributed by atoms with Crippen LogP contribution < -0.4 is 0 Å². The number of hydrogen-bond donors (Lipinski definition) is 1. The first-order chi connectivity index (χ1) is 9.45. The van der Waals surface area contributed by atoms with E-state index in [9.17, 15) is 0 Å². The average Bonchev–Trinajstić information content (AvgIpc) is 3.01. The molecule has 0 saturated heterocycles. The Morgan fingerprint density at radius 3 is 2.80 bits per heavy atom. The van der Waals surface area contributed by atoms with Gasteiger partial charge in [0, 0.05) is 17.3 Å². The van der Waals surface area contributed by atoms with Crippen molar-refractivity contribution in [3.63, 3.8) is 0 Å². The van der Waals surface area contributed by atoms with E-state index in [1.807, 2.05) is 16.9 Å². The van der Waals surface area contributed by atoms with Gasteiger partial charge in [-0.1, -0.05) is 39.0 Å². The van der Waals surface area contributed by atoms with Crippen LogP contribution in [0.4, 0.5) is 0 Å². The Kier molecular flexibility index (Phi) is 3.33. The third-order valence-corrected chi connectivity index (χ3v) is 4.84. The molecule has 0 aliphatic rings. The van der Waals surface area contributed by atoms with E-state index in [1.54, 1.807) is 23.1 Å². The Morgan fingerprint density at radius 2 is 2.20 bits per heavy atom. The summed E-state index contributed by atoms with van der Waals surface area (Å²) in [6.07, 6.45) is 4.85. The van der Waals surface area contributed by atoms with Crippen molar-refractivity contribution in [2.24, 2.45) is 0 Å². The minimum absolute atomic E-state index is 0.0533. The number of aryl methyl sites for hydroxylation is 1. The molecule has 0 aliphatic heterocycles. The van der Waals surface area contributed by atoms with Crippen LogP contribution in [0.5, 0.6) is 0 Å². The maximum atomic E-state index is 4.64. The van der Waals surface area contributed by atoms with Gasteiger partial charge in [-0.25, -0.2) is 14.5 Å². The highest BCUT2D eigenvalue weighted by Crippen LogP contribution is 2.31. The van der Waals surface area contributed by atoms with E-state index in [-0.39, 0.29) is 5.41 Å². The summed E-state index contributed by atoms with van der Waals surface area (Å²) in [5.41, 5.74) is 2.26. The third-order valence-electron chi connectivity index (χ3n) is 2.96. The Balaban J connectivity index is 1.84. The maximum Gasteiger partial charge on any atom is 0.213 e. The molecule has 3 aromatic heterocycles. The number of nitrogens with zero attached hydrogens (tertiary/aromatic N) is 4. The van der Waals surface area contributed by atoms with E-state index in [0.29, 0.717) is 0 Å². The topological polar surface area (TPSA) is 58.9 Å². The first-order valence-electron chi connectivity index (χ1n) is 6.54. The van der Waals surface area contributed by atoms with Gasteiger partial charge in [0.15, 0.2) is 9.50 Å². The van der Waals surface area contributed by atoms with Crippen LogP contribution in [0.1, 0.15) is 39.1 Å². The predicted molar refractivity (Wildman–Crippen MR) is 81.7 cm³/mol. The lowest BCUT2D eigenvalue weighted by Gasteiger charge is -2.13. The first kappa shape index (κ1) is 13.6. The molecule has 5 nitrogen and oxygen atoms in total. The predicted octanol–water partition coefficient (Wildman–Crippen LogP) is 3.53. The lowest BCUT2D eigenvalue weighted by molar-refractivity contribution is 0.572. The molecule has 0 aromatic carbocycles. The molecule has 1 N–H and O–H groups in total. The fourth-order valence-corrected chi connectivity index (χ4v) is 3.56. The van der Waals surface area contributed by atoms with Crippen LogP contribution in [0.25, 0.3) is 4.96 Å². The van der Waals surface area contributed by atoms with Crippen LogP contribution in [-0.4, -0.2) is 24.6 Å². The fraction of sp³-hybridized carbons (Fsp3) is 0.462. The third kappa shape index (κ3) is 2.60. The number of aromatic nitrogens is 5. The molecular weight excluding hydrogens is 290 g/mol. The molecule has 0 spiro atoms. The van der Waals surface area contributed by atoms with E-state index >= 15 is 0 Å². The zero-order chi connectivity index (χ0) is 14.3. The normalized spacial score (nSPS) is 12.4. The van der Waals surface area contributed by atoms with Gasteiger partial charge >= 0.3 is 0 Å². The molecule has 0 fully saturated rings.